The molecule has 1 amide bonds. The molecule has 2 aromatic heterocycles. The number of aromatic nitrogens is 1. The molecule has 0 atom stereocenters. The molecule has 0 aliphatic carbocycles. The van der Waals surface area contributed by atoms with Crippen LogP contribution in [0.1, 0.15) is 4.88 Å². The number of nitrogens with one attached hydrogen (secondary N) is 1. The average molecular weight is 405 g/mol. The highest BCUT2D eigenvalue weighted by Crippen LogP contribution is 2.28. The Bertz CT molecular complexity index is 974. The zero-order chi connectivity index (χ0) is 20.1. The van der Waals surface area contributed by atoms with Gasteiger partial charge in [-0.25, -0.2) is 4.98 Å². The Morgan fingerprint density at radius 2 is 1.83 bits per heavy atom. The highest BCUT2D eigenvalue weighted by molar-refractivity contribution is 7.16. The predicted molar refractivity (Wildman–Crippen MR) is 121 cm³/mol. The fraction of sp³-hybridized carbons (Fsp3) is 0.217. The molecule has 0 saturated carbocycles. The number of nitrogens with zero attached hydrogens (tertiary/aromatic N) is 3. The van der Waals surface area contributed by atoms with E-state index in [0.29, 0.717) is 5.69 Å². The van der Waals surface area contributed by atoms with Crippen LogP contribution in [-0.4, -0.2) is 49.0 Å². The molecule has 0 spiro atoms. The predicted octanol–water partition coefficient (Wildman–Crippen LogP) is 4.21. The van der Waals surface area contributed by atoms with E-state index in [4.69, 9.17) is 0 Å². The van der Waals surface area contributed by atoms with E-state index in [1.54, 1.807) is 23.6 Å². The minimum absolute atomic E-state index is 0.159. The van der Waals surface area contributed by atoms with Gasteiger partial charge < -0.3 is 15.1 Å². The molecule has 0 unspecified atom stereocenters. The number of thiophene rings is 1. The summed E-state index contributed by atoms with van der Waals surface area (Å²) in [5, 5.41) is 2.88. The number of pyridine rings is 1. The molecule has 1 aromatic carbocycles. The molecule has 3 aromatic rings. The molecule has 148 valence electrons. The molecule has 0 bridgehead atoms. The van der Waals surface area contributed by atoms with Crippen LogP contribution in [0.15, 0.2) is 66.9 Å². The zero-order valence-corrected chi connectivity index (χ0v) is 17.2. The van der Waals surface area contributed by atoms with Gasteiger partial charge in [-0.1, -0.05) is 30.3 Å². The number of rotatable bonds is 5. The monoisotopic (exact) mass is 404 g/mol. The molecular formula is C23H24N4OS. The van der Waals surface area contributed by atoms with Crippen molar-refractivity contribution in [3.63, 3.8) is 0 Å². The lowest BCUT2D eigenvalue weighted by Gasteiger charge is -2.33. The van der Waals surface area contributed by atoms with Gasteiger partial charge in [0.25, 0.3) is 0 Å². The molecule has 1 aliphatic heterocycles. The lowest BCUT2D eigenvalue weighted by Crippen LogP contribution is -2.44. The van der Waals surface area contributed by atoms with Gasteiger partial charge >= 0.3 is 0 Å². The quantitative estimate of drug-likeness (QED) is 0.647. The highest BCUT2D eigenvalue weighted by Gasteiger charge is 2.15. The highest BCUT2D eigenvalue weighted by atomic mass is 32.1. The van der Waals surface area contributed by atoms with Crippen LogP contribution in [0.4, 0.5) is 11.5 Å². The van der Waals surface area contributed by atoms with Crippen molar-refractivity contribution in [1.29, 1.82) is 0 Å². The summed E-state index contributed by atoms with van der Waals surface area (Å²) in [7, 11) is 2.13. The molecule has 1 N–H and O–H groups in total. The molecule has 0 radical (unpaired) electrons. The molecule has 1 aliphatic rings. The van der Waals surface area contributed by atoms with Crippen LogP contribution in [0.25, 0.3) is 16.5 Å². The van der Waals surface area contributed by atoms with Crippen LogP contribution in [0.3, 0.4) is 0 Å². The molecule has 3 heterocycles. The maximum atomic E-state index is 12.2. The Kier molecular flexibility index (Phi) is 6.03. The van der Waals surface area contributed by atoms with Crippen LogP contribution in [0, 0.1) is 0 Å². The van der Waals surface area contributed by atoms with Crippen molar-refractivity contribution < 1.29 is 4.79 Å². The van der Waals surface area contributed by atoms with Gasteiger partial charge in [-0.3, -0.25) is 4.79 Å². The summed E-state index contributed by atoms with van der Waals surface area (Å²) in [5.41, 5.74) is 1.89. The van der Waals surface area contributed by atoms with Crippen molar-refractivity contribution in [1.82, 2.24) is 9.88 Å². The van der Waals surface area contributed by atoms with E-state index in [9.17, 15) is 4.79 Å². The molecule has 4 rings (SSSR count). The van der Waals surface area contributed by atoms with Gasteiger partial charge in [0.2, 0.25) is 5.91 Å². The van der Waals surface area contributed by atoms with Crippen molar-refractivity contribution in [2.24, 2.45) is 0 Å². The maximum Gasteiger partial charge on any atom is 0.248 e. The van der Waals surface area contributed by atoms with Crippen molar-refractivity contribution in [3.8, 4) is 10.4 Å². The second-order valence-corrected chi connectivity index (χ2v) is 8.20. The van der Waals surface area contributed by atoms with E-state index in [0.717, 1.165) is 36.9 Å². The van der Waals surface area contributed by atoms with Crippen molar-refractivity contribution in [3.05, 3.63) is 71.7 Å². The summed E-state index contributed by atoms with van der Waals surface area (Å²) < 4.78 is 0. The van der Waals surface area contributed by atoms with Gasteiger partial charge in [0.15, 0.2) is 0 Å². The molecule has 6 heteroatoms. The van der Waals surface area contributed by atoms with E-state index >= 15 is 0 Å². The molecule has 1 saturated heterocycles. The van der Waals surface area contributed by atoms with Gasteiger partial charge in [0, 0.05) is 42.0 Å². The summed E-state index contributed by atoms with van der Waals surface area (Å²) in [6, 6.07) is 18.2. The third-order valence-electron chi connectivity index (χ3n) is 4.93. The Morgan fingerprint density at radius 3 is 2.55 bits per heavy atom. The summed E-state index contributed by atoms with van der Waals surface area (Å²) in [4.78, 5) is 23.6. The van der Waals surface area contributed by atoms with E-state index in [1.165, 1.54) is 10.4 Å². The van der Waals surface area contributed by atoms with E-state index in [-0.39, 0.29) is 5.91 Å². The lowest BCUT2D eigenvalue weighted by atomic mass is 10.2. The standard InChI is InChI=1S/C23H24N4OS/c1-26-13-15-27(16-14-26)22-11-7-19(17-24-22)25-23(28)12-9-20-8-10-21(29-20)18-5-3-2-4-6-18/h2-12,17H,13-16H2,1H3,(H,25,28). The SMILES string of the molecule is CN1CCN(c2ccc(NC(=O)C=Cc3ccc(-c4ccccc4)s3)cn2)CC1. The number of benzene rings is 1. The Hall–Kier alpha value is -2.96. The minimum Gasteiger partial charge on any atom is -0.354 e. The fourth-order valence-electron chi connectivity index (χ4n) is 3.22. The minimum atomic E-state index is -0.159. The van der Waals surface area contributed by atoms with E-state index in [1.807, 2.05) is 42.5 Å². The smallest absolute Gasteiger partial charge is 0.248 e. The zero-order valence-electron chi connectivity index (χ0n) is 16.4. The summed E-state index contributed by atoms with van der Waals surface area (Å²) in [6.07, 6.45) is 5.13. The first-order chi connectivity index (χ1) is 14.2. The van der Waals surface area contributed by atoms with Crippen molar-refractivity contribution >= 4 is 34.8 Å². The largest absolute Gasteiger partial charge is 0.354 e. The number of hydrogen-bond donors (Lipinski definition) is 1. The topological polar surface area (TPSA) is 48.5 Å². The molecule has 5 nitrogen and oxygen atoms in total. The van der Waals surface area contributed by atoms with Gasteiger partial charge in [-0.05, 0) is 43.0 Å². The first kappa shape index (κ1) is 19.4. The molecular weight excluding hydrogens is 380 g/mol. The summed E-state index contributed by atoms with van der Waals surface area (Å²) in [6.45, 7) is 4.03. The number of likely N-dealkylation sites (N-methyl/N-ethyl adjacent to an activating group) is 1. The Morgan fingerprint density at radius 1 is 1.03 bits per heavy atom. The Balaban J connectivity index is 1.33. The normalized spacial score (nSPS) is 15.0. The van der Waals surface area contributed by atoms with Crippen LogP contribution in [0.2, 0.25) is 0 Å². The number of carbonyl (C=O) groups is 1. The molecule has 29 heavy (non-hydrogen) atoms. The molecule has 1 fully saturated rings. The van der Waals surface area contributed by atoms with Crippen LogP contribution in [0.5, 0.6) is 0 Å². The number of amides is 1. The van der Waals surface area contributed by atoms with Gasteiger partial charge in [-0.15, -0.1) is 11.3 Å². The van der Waals surface area contributed by atoms with E-state index in [2.05, 4.69) is 45.3 Å². The third-order valence-corrected chi connectivity index (χ3v) is 6.03. The van der Waals surface area contributed by atoms with Crippen LogP contribution >= 0.6 is 11.3 Å². The second kappa shape index (κ2) is 9.03. The second-order valence-electron chi connectivity index (χ2n) is 7.09. The number of anilines is 2. The first-order valence-electron chi connectivity index (χ1n) is 9.71. The van der Waals surface area contributed by atoms with Crippen molar-refractivity contribution in [2.75, 3.05) is 43.4 Å². The number of piperazine rings is 1. The Labute approximate surface area is 175 Å². The average Bonchev–Trinajstić information content (AvgIpc) is 3.23. The van der Waals surface area contributed by atoms with Gasteiger partial charge in [-0.2, -0.15) is 0 Å². The van der Waals surface area contributed by atoms with Gasteiger partial charge in [0.1, 0.15) is 5.82 Å². The lowest BCUT2D eigenvalue weighted by molar-refractivity contribution is -0.111. The number of carbonyl (C=O) groups excluding carboxylic acids is 1. The first-order valence-corrected chi connectivity index (χ1v) is 10.5. The van der Waals surface area contributed by atoms with Crippen LogP contribution < -0.4 is 10.2 Å². The van der Waals surface area contributed by atoms with E-state index < -0.39 is 0 Å². The summed E-state index contributed by atoms with van der Waals surface area (Å²) in [5.74, 6) is 0.799. The van der Waals surface area contributed by atoms with Crippen LogP contribution in [-0.2, 0) is 4.79 Å². The number of hydrogen-bond acceptors (Lipinski definition) is 5. The summed E-state index contributed by atoms with van der Waals surface area (Å²) >= 11 is 1.66. The van der Waals surface area contributed by atoms with Gasteiger partial charge in [0.05, 0.1) is 11.9 Å². The fourth-order valence-corrected chi connectivity index (χ4v) is 4.14. The van der Waals surface area contributed by atoms with Crippen molar-refractivity contribution in [2.45, 2.75) is 0 Å². The third kappa shape index (κ3) is 5.10. The maximum absolute atomic E-state index is 12.2.